The number of hydrazine groups is 1. The van der Waals surface area contributed by atoms with Gasteiger partial charge in [0.2, 0.25) is 0 Å². The lowest BCUT2D eigenvalue weighted by atomic mass is 9.76. The Morgan fingerprint density at radius 3 is 2.34 bits per heavy atom. The molecule has 9 nitrogen and oxygen atoms in total. The van der Waals surface area contributed by atoms with Crippen LogP contribution in [0.25, 0.3) is 0 Å². The van der Waals surface area contributed by atoms with Gasteiger partial charge in [0.15, 0.2) is 5.78 Å². The van der Waals surface area contributed by atoms with E-state index in [0.29, 0.717) is 17.9 Å². The molecule has 182 valence electrons. The van der Waals surface area contributed by atoms with E-state index >= 15 is 0 Å². The summed E-state index contributed by atoms with van der Waals surface area (Å²) in [4.78, 5) is 63.6. The molecule has 2 aliphatic rings. The first-order valence-electron chi connectivity index (χ1n) is 11.0. The molecule has 1 aliphatic carbocycles. The Morgan fingerprint density at radius 2 is 1.71 bits per heavy atom. The number of hydrogen-bond donors (Lipinski definition) is 0. The summed E-state index contributed by atoms with van der Waals surface area (Å²) >= 11 is 12.1. The first kappa shape index (κ1) is 24.8. The maximum Gasteiger partial charge on any atom is 0.273 e. The molecule has 3 amide bonds. The van der Waals surface area contributed by atoms with E-state index in [2.05, 4.69) is 0 Å². The summed E-state index contributed by atoms with van der Waals surface area (Å²) in [5.74, 6) is -3.35. The number of fused-ring (bicyclic) bond motifs is 1. The van der Waals surface area contributed by atoms with Crippen LogP contribution in [-0.2, 0) is 9.59 Å². The standard InChI is InChI=1S/C24H21Cl2N3O6/c1-13-2-8-17-19(10-13)24(33)28(23(17)32)27(12-21(30)18-9-5-15(25)11-20(18)26)22(31)14-3-6-16(7-4-14)29(34)35/h3-7,9,11,13,17,19H,2,8,10,12H2,1H3/t13-,17-,19-/m1/s1. The number of amides is 3. The minimum absolute atomic E-state index is 0.0190. The molecule has 1 saturated carbocycles. The number of nitro groups is 1. The van der Waals surface area contributed by atoms with E-state index in [1.807, 2.05) is 6.92 Å². The second-order valence-corrected chi connectivity index (χ2v) is 9.68. The lowest BCUT2D eigenvalue weighted by Gasteiger charge is -2.30. The van der Waals surface area contributed by atoms with Gasteiger partial charge in [-0.3, -0.25) is 29.3 Å². The van der Waals surface area contributed by atoms with Crippen molar-refractivity contribution in [2.24, 2.45) is 17.8 Å². The Morgan fingerprint density at radius 1 is 1.06 bits per heavy atom. The second-order valence-electron chi connectivity index (χ2n) is 8.83. The Balaban J connectivity index is 1.71. The fourth-order valence-electron chi connectivity index (χ4n) is 4.65. The van der Waals surface area contributed by atoms with Gasteiger partial charge in [-0.25, -0.2) is 5.01 Å². The fourth-order valence-corrected chi connectivity index (χ4v) is 5.17. The summed E-state index contributed by atoms with van der Waals surface area (Å²) in [6.07, 6.45) is 1.81. The highest BCUT2D eigenvalue weighted by molar-refractivity contribution is 6.37. The fraction of sp³-hybridized carbons (Fsp3) is 0.333. The van der Waals surface area contributed by atoms with Crippen LogP contribution in [0, 0.1) is 27.9 Å². The Hall–Kier alpha value is -3.30. The van der Waals surface area contributed by atoms with Crippen molar-refractivity contribution in [3.63, 3.8) is 0 Å². The molecular weight excluding hydrogens is 497 g/mol. The second kappa shape index (κ2) is 9.75. The van der Waals surface area contributed by atoms with Crippen molar-refractivity contribution in [3.8, 4) is 0 Å². The molecule has 4 rings (SSSR count). The van der Waals surface area contributed by atoms with Crippen molar-refractivity contribution in [1.29, 1.82) is 0 Å². The van der Waals surface area contributed by atoms with E-state index in [9.17, 15) is 29.3 Å². The Bertz CT molecular complexity index is 1230. The number of hydrogen-bond acceptors (Lipinski definition) is 6. The predicted octanol–water partition coefficient (Wildman–Crippen LogP) is 4.56. The number of carbonyl (C=O) groups excluding carboxylic acids is 4. The highest BCUT2D eigenvalue weighted by atomic mass is 35.5. The maximum absolute atomic E-state index is 13.5. The number of Topliss-reactive ketones (excluding diaryl/α,β-unsaturated/α-hetero) is 1. The van der Waals surface area contributed by atoms with Crippen molar-refractivity contribution in [2.75, 3.05) is 6.54 Å². The zero-order valence-corrected chi connectivity index (χ0v) is 20.2. The van der Waals surface area contributed by atoms with E-state index in [1.165, 1.54) is 30.3 Å². The smallest absolute Gasteiger partial charge is 0.273 e. The molecular formula is C24H21Cl2N3O6. The average molecular weight is 518 g/mol. The van der Waals surface area contributed by atoms with Crippen LogP contribution in [0.5, 0.6) is 0 Å². The van der Waals surface area contributed by atoms with Gasteiger partial charge >= 0.3 is 0 Å². The van der Waals surface area contributed by atoms with Crippen LogP contribution in [0.3, 0.4) is 0 Å². The van der Waals surface area contributed by atoms with Gasteiger partial charge in [-0.15, -0.1) is 0 Å². The van der Waals surface area contributed by atoms with E-state index < -0.39 is 46.8 Å². The van der Waals surface area contributed by atoms with Crippen LogP contribution in [0.2, 0.25) is 10.0 Å². The van der Waals surface area contributed by atoms with E-state index in [1.54, 1.807) is 0 Å². The highest BCUT2D eigenvalue weighted by Gasteiger charge is 2.52. The molecule has 1 aliphatic heterocycles. The first-order valence-corrected chi connectivity index (χ1v) is 11.8. The number of non-ortho nitro benzene ring substituents is 1. The van der Waals surface area contributed by atoms with Gasteiger partial charge in [0.25, 0.3) is 23.4 Å². The van der Waals surface area contributed by atoms with Gasteiger partial charge in [0, 0.05) is 28.3 Å². The summed E-state index contributed by atoms with van der Waals surface area (Å²) in [6.45, 7) is 1.37. The minimum atomic E-state index is -0.813. The van der Waals surface area contributed by atoms with Crippen LogP contribution >= 0.6 is 23.2 Å². The summed E-state index contributed by atoms with van der Waals surface area (Å²) in [5, 5.41) is 13.0. The third-order valence-electron chi connectivity index (χ3n) is 6.49. The number of carbonyl (C=O) groups is 4. The average Bonchev–Trinajstić information content (AvgIpc) is 3.06. The molecule has 3 atom stereocenters. The molecule has 0 aromatic heterocycles. The zero-order valence-electron chi connectivity index (χ0n) is 18.6. The molecule has 11 heteroatoms. The third-order valence-corrected chi connectivity index (χ3v) is 7.04. The number of halogens is 2. The normalized spacial score (nSPS) is 21.6. The van der Waals surface area contributed by atoms with Crippen LogP contribution in [0.15, 0.2) is 42.5 Å². The zero-order chi connectivity index (χ0) is 25.4. The molecule has 0 radical (unpaired) electrons. The van der Waals surface area contributed by atoms with Crippen LogP contribution in [0.4, 0.5) is 5.69 Å². The Labute approximate surface area is 210 Å². The summed E-state index contributed by atoms with van der Waals surface area (Å²) < 4.78 is 0. The van der Waals surface area contributed by atoms with Crippen LogP contribution in [0.1, 0.15) is 46.9 Å². The number of rotatable bonds is 6. The van der Waals surface area contributed by atoms with Crippen molar-refractivity contribution in [3.05, 3.63) is 73.8 Å². The summed E-state index contributed by atoms with van der Waals surface area (Å²) in [7, 11) is 0. The van der Waals surface area contributed by atoms with Crippen molar-refractivity contribution in [1.82, 2.24) is 10.0 Å². The van der Waals surface area contributed by atoms with Crippen molar-refractivity contribution in [2.45, 2.75) is 26.2 Å². The number of nitro benzene ring substituents is 1. The topological polar surface area (TPSA) is 118 Å². The lowest BCUT2D eigenvalue weighted by molar-refractivity contribution is -0.384. The molecule has 2 fully saturated rings. The number of benzene rings is 2. The monoisotopic (exact) mass is 517 g/mol. The van der Waals surface area contributed by atoms with Gasteiger partial charge in [-0.05, 0) is 55.5 Å². The predicted molar refractivity (Wildman–Crippen MR) is 127 cm³/mol. The molecule has 0 spiro atoms. The van der Waals surface area contributed by atoms with E-state index in [4.69, 9.17) is 23.2 Å². The summed E-state index contributed by atoms with van der Waals surface area (Å²) in [6, 6.07) is 8.94. The van der Waals surface area contributed by atoms with E-state index in [-0.39, 0.29) is 27.8 Å². The van der Waals surface area contributed by atoms with Crippen LogP contribution in [-0.4, -0.2) is 45.0 Å². The van der Waals surface area contributed by atoms with Gasteiger partial charge in [-0.2, -0.15) is 5.01 Å². The molecule has 1 heterocycles. The molecule has 2 aromatic rings. The molecule has 0 N–H and O–H groups in total. The summed E-state index contributed by atoms with van der Waals surface area (Å²) in [5.41, 5.74) is -0.178. The number of ketones is 1. The van der Waals surface area contributed by atoms with E-state index in [0.717, 1.165) is 28.6 Å². The Kier molecular flexibility index (Phi) is 6.91. The molecule has 35 heavy (non-hydrogen) atoms. The van der Waals surface area contributed by atoms with Gasteiger partial charge in [-0.1, -0.05) is 30.1 Å². The third kappa shape index (κ3) is 4.78. The quantitative estimate of drug-likeness (QED) is 0.240. The van der Waals surface area contributed by atoms with Crippen molar-refractivity contribution >= 4 is 52.4 Å². The molecule has 1 saturated heterocycles. The molecule has 0 unspecified atom stereocenters. The minimum Gasteiger partial charge on any atom is -0.292 e. The van der Waals surface area contributed by atoms with Gasteiger partial charge in [0.05, 0.1) is 21.8 Å². The first-order chi connectivity index (χ1) is 16.6. The molecule has 2 aromatic carbocycles. The SMILES string of the molecule is C[C@@H]1CC[C@H]2C(=O)N(N(CC(=O)c3ccc(Cl)cc3Cl)C(=O)c3ccc([N+](=O)[O-])cc3)C(=O)[C@@H]2C1. The van der Waals surface area contributed by atoms with Crippen molar-refractivity contribution < 1.29 is 24.1 Å². The number of nitrogens with zero attached hydrogens (tertiary/aromatic N) is 3. The van der Waals surface area contributed by atoms with Gasteiger partial charge < -0.3 is 0 Å². The number of imide groups is 1. The largest absolute Gasteiger partial charge is 0.292 e. The lowest BCUT2D eigenvalue weighted by Crippen LogP contribution is -2.52. The maximum atomic E-state index is 13.5. The highest BCUT2D eigenvalue weighted by Crippen LogP contribution is 2.41. The van der Waals surface area contributed by atoms with Crippen LogP contribution < -0.4 is 0 Å². The molecule has 0 bridgehead atoms. The van der Waals surface area contributed by atoms with Gasteiger partial charge in [0.1, 0.15) is 6.54 Å².